The van der Waals surface area contributed by atoms with E-state index in [0.717, 1.165) is 38.5 Å². The Labute approximate surface area is 228 Å². The van der Waals surface area contributed by atoms with Crippen LogP contribution < -0.4 is 5.11 Å². The minimum Gasteiger partial charge on any atom is -0.875 e. The maximum Gasteiger partial charge on any atom is 0.223 e. The molecule has 8 unspecified atom stereocenters. The molecule has 1 saturated heterocycles. The predicted octanol–water partition coefficient (Wildman–Crippen LogP) is 5.93. The fourth-order valence-electron chi connectivity index (χ4n) is 8.31. The second-order valence-corrected chi connectivity index (χ2v) is 14.3. The Kier molecular flexibility index (Phi) is 7.59. The third-order valence-corrected chi connectivity index (χ3v) is 12.9. The third kappa shape index (κ3) is 4.86. The smallest absolute Gasteiger partial charge is 0.223 e. The second kappa shape index (κ2) is 10.9. The van der Waals surface area contributed by atoms with E-state index in [4.69, 9.17) is 0 Å². The van der Waals surface area contributed by atoms with Crippen molar-refractivity contribution in [2.45, 2.75) is 87.5 Å². The first kappa shape index (κ1) is 25.7. The van der Waals surface area contributed by atoms with E-state index >= 15 is 0 Å². The highest BCUT2D eigenvalue weighted by atomic mass is 32.2. The standard InChI is InChI=1S/C31H38O4S2/c32-26-22-16-14-18-8-4-6-10-20(18)28(22)36-30(34)24(26)12-2-1-3-13-25-27(33)23-17-15-19-9-5-7-11-21(19)29(23)37-31(25)35/h1-3,12-13,18-23,28-29,32H,4-11,14-17H2/p-1/b3-1?,12-2?,25-13-. The van der Waals surface area contributed by atoms with Crippen molar-refractivity contribution >= 4 is 39.5 Å². The van der Waals surface area contributed by atoms with Crippen LogP contribution in [0.4, 0.5) is 0 Å². The van der Waals surface area contributed by atoms with E-state index in [1.54, 1.807) is 30.4 Å². The van der Waals surface area contributed by atoms with Gasteiger partial charge in [-0.1, -0.05) is 86.4 Å². The molecule has 6 rings (SSSR count). The van der Waals surface area contributed by atoms with Gasteiger partial charge >= 0.3 is 0 Å². The number of thioether (sulfide) groups is 2. The molecule has 6 aliphatic rings. The molecule has 4 aliphatic carbocycles. The van der Waals surface area contributed by atoms with Crippen molar-refractivity contribution in [3.05, 3.63) is 47.3 Å². The Morgan fingerprint density at radius 3 is 1.95 bits per heavy atom. The van der Waals surface area contributed by atoms with Crippen LogP contribution in [0.1, 0.15) is 77.0 Å². The molecule has 0 amide bonds. The third-order valence-electron chi connectivity index (χ3n) is 10.1. The highest BCUT2D eigenvalue weighted by molar-refractivity contribution is 8.15. The number of Topliss-reactive ketones (excluding diaryl/α,β-unsaturated/α-hetero) is 1. The molecule has 0 N–H and O–H groups in total. The molecule has 198 valence electrons. The van der Waals surface area contributed by atoms with Crippen LogP contribution in [0.15, 0.2) is 47.3 Å². The monoisotopic (exact) mass is 537 g/mol. The van der Waals surface area contributed by atoms with Crippen LogP contribution >= 0.6 is 23.5 Å². The largest absolute Gasteiger partial charge is 0.875 e. The van der Waals surface area contributed by atoms with Crippen molar-refractivity contribution in [3.8, 4) is 0 Å². The lowest BCUT2D eigenvalue weighted by Gasteiger charge is -2.49. The van der Waals surface area contributed by atoms with E-state index in [1.165, 1.54) is 62.0 Å². The van der Waals surface area contributed by atoms with Crippen LogP contribution in [0, 0.1) is 35.5 Å². The van der Waals surface area contributed by atoms with Crippen LogP contribution in [0.25, 0.3) is 0 Å². The zero-order valence-corrected chi connectivity index (χ0v) is 23.1. The van der Waals surface area contributed by atoms with Gasteiger partial charge in [-0.15, -0.1) is 5.76 Å². The van der Waals surface area contributed by atoms with Crippen molar-refractivity contribution in [2.75, 3.05) is 0 Å². The SMILES string of the molecule is O=C1SC2C(CCC3CCCCC32)C([O-])=C1C=CC=C/C=C1\C(=O)SC2C(CCC3CCCCC32)C1=O. The normalized spacial score (nSPS) is 41.6. The summed E-state index contributed by atoms with van der Waals surface area (Å²) in [6.07, 6.45) is 22.2. The predicted molar refractivity (Wildman–Crippen MR) is 148 cm³/mol. The molecule has 0 aromatic carbocycles. The lowest BCUT2D eigenvalue weighted by atomic mass is 9.65. The number of hydrogen-bond acceptors (Lipinski definition) is 6. The van der Waals surface area contributed by atoms with Crippen molar-refractivity contribution in [2.24, 2.45) is 35.5 Å². The van der Waals surface area contributed by atoms with Gasteiger partial charge in [-0.25, -0.2) is 0 Å². The van der Waals surface area contributed by atoms with Crippen LogP contribution in [0.3, 0.4) is 0 Å². The molecule has 2 heterocycles. The van der Waals surface area contributed by atoms with Gasteiger partial charge < -0.3 is 5.11 Å². The summed E-state index contributed by atoms with van der Waals surface area (Å²) >= 11 is 2.79. The number of rotatable bonds is 3. The number of ketones is 1. The lowest BCUT2D eigenvalue weighted by molar-refractivity contribution is -0.318. The van der Waals surface area contributed by atoms with Gasteiger partial charge in [0.25, 0.3) is 0 Å². The van der Waals surface area contributed by atoms with Gasteiger partial charge in [0.2, 0.25) is 10.2 Å². The molecule has 0 radical (unpaired) electrons. The summed E-state index contributed by atoms with van der Waals surface area (Å²) in [5, 5.41) is 13.3. The first-order valence-electron chi connectivity index (χ1n) is 14.5. The molecular weight excluding hydrogens is 500 g/mol. The fourth-order valence-corrected chi connectivity index (χ4v) is 11.3. The summed E-state index contributed by atoms with van der Waals surface area (Å²) in [6.45, 7) is 0. The van der Waals surface area contributed by atoms with Gasteiger partial charge in [-0.2, -0.15) is 0 Å². The van der Waals surface area contributed by atoms with E-state index in [0.29, 0.717) is 34.8 Å². The van der Waals surface area contributed by atoms with Gasteiger partial charge in [0.1, 0.15) is 0 Å². The maximum absolute atomic E-state index is 13.2. The van der Waals surface area contributed by atoms with Crippen molar-refractivity contribution in [3.63, 3.8) is 0 Å². The summed E-state index contributed by atoms with van der Waals surface area (Å²) in [5.74, 6) is 2.36. The molecule has 4 nitrogen and oxygen atoms in total. The summed E-state index contributed by atoms with van der Waals surface area (Å²) in [6, 6.07) is 0. The minimum atomic E-state index is -0.0983. The van der Waals surface area contributed by atoms with Gasteiger partial charge in [-0.3, -0.25) is 14.4 Å². The summed E-state index contributed by atoms with van der Waals surface area (Å²) in [5.41, 5.74) is 0.593. The summed E-state index contributed by atoms with van der Waals surface area (Å²) in [4.78, 5) is 39.0. The second-order valence-electron chi connectivity index (χ2n) is 12.0. The summed E-state index contributed by atoms with van der Waals surface area (Å²) < 4.78 is 0. The van der Waals surface area contributed by atoms with Crippen molar-refractivity contribution in [1.29, 1.82) is 0 Å². The molecule has 6 heteroatoms. The Bertz CT molecular complexity index is 1080. The molecule has 5 fully saturated rings. The van der Waals surface area contributed by atoms with E-state index in [2.05, 4.69) is 0 Å². The van der Waals surface area contributed by atoms with E-state index in [-0.39, 0.29) is 44.1 Å². The quantitative estimate of drug-likeness (QED) is 0.253. The Hall–Kier alpha value is -1.53. The molecule has 0 aromatic heterocycles. The first-order valence-corrected chi connectivity index (χ1v) is 16.2. The average molecular weight is 538 g/mol. The number of carbonyl (C=O) groups excluding carboxylic acids is 3. The molecule has 2 aliphatic heterocycles. The number of fused-ring (bicyclic) bond motifs is 6. The molecular formula is C31H37O4S2-. The number of allylic oxidation sites excluding steroid dienone is 6. The van der Waals surface area contributed by atoms with Gasteiger partial charge in [-0.05, 0) is 74.2 Å². The van der Waals surface area contributed by atoms with E-state index in [1.807, 2.05) is 0 Å². The average Bonchev–Trinajstić information content (AvgIpc) is 2.91. The molecule has 0 spiro atoms. The number of carbonyl (C=O) groups is 3. The maximum atomic E-state index is 13.2. The summed E-state index contributed by atoms with van der Waals surface area (Å²) in [7, 11) is 0. The van der Waals surface area contributed by atoms with E-state index < -0.39 is 0 Å². The van der Waals surface area contributed by atoms with Gasteiger partial charge in [0, 0.05) is 22.0 Å². The van der Waals surface area contributed by atoms with Gasteiger partial charge in [0.05, 0.1) is 5.57 Å². The van der Waals surface area contributed by atoms with Gasteiger partial charge in [0.15, 0.2) is 5.78 Å². The fraction of sp³-hybridized carbons (Fsp3) is 0.645. The Morgan fingerprint density at radius 1 is 0.649 bits per heavy atom. The highest BCUT2D eigenvalue weighted by Gasteiger charge is 2.49. The Morgan fingerprint density at radius 2 is 1.24 bits per heavy atom. The van der Waals surface area contributed by atoms with Crippen LogP contribution in [0.2, 0.25) is 0 Å². The van der Waals surface area contributed by atoms with Crippen LogP contribution in [-0.4, -0.2) is 26.5 Å². The molecule has 8 atom stereocenters. The topological polar surface area (TPSA) is 74.3 Å². The zero-order valence-electron chi connectivity index (χ0n) is 21.4. The lowest BCUT2D eigenvalue weighted by Crippen LogP contribution is -2.46. The van der Waals surface area contributed by atoms with Crippen molar-refractivity contribution < 1.29 is 19.5 Å². The van der Waals surface area contributed by atoms with Crippen LogP contribution in [-0.2, 0) is 14.4 Å². The highest BCUT2D eigenvalue weighted by Crippen LogP contribution is 2.53. The first-order chi connectivity index (χ1) is 18.0. The zero-order chi connectivity index (χ0) is 25.5. The van der Waals surface area contributed by atoms with Crippen LogP contribution in [0.5, 0.6) is 0 Å². The number of hydrogen-bond donors (Lipinski definition) is 0. The molecule has 0 aromatic rings. The van der Waals surface area contributed by atoms with E-state index in [9.17, 15) is 19.5 Å². The minimum absolute atomic E-state index is 0.0131. The molecule has 0 bridgehead atoms. The molecule has 4 saturated carbocycles. The molecule has 37 heavy (non-hydrogen) atoms. The van der Waals surface area contributed by atoms with Crippen molar-refractivity contribution in [1.82, 2.24) is 0 Å². The Balaban J connectivity index is 1.12.